The Bertz CT molecular complexity index is 1870. The molecule has 12 nitrogen and oxygen atoms in total. The Hall–Kier alpha value is -2.94. The predicted molar refractivity (Wildman–Crippen MR) is 222 cm³/mol. The van der Waals surface area contributed by atoms with E-state index in [1.165, 1.54) is 12.7 Å². The molecule has 1 saturated carbocycles. The standard InChI is InChI=1S/C43H62ClN5O7S/c1-30-7-6-16-43(52,29-47-20-22-48-21-19-46(26-37(48)27-47)18-15-41(50)55-3)38-13-10-34(38)25-49-17-5-4-8-32-23-36(44)12-9-35(32)28-56-40-14-11-33(24-39(40)49)42(51)45-57(53,54)31(30)2/h9,11-12,14,23-24,30-31,34,37-38,52H,4-8,10,13,15-22,25-29H2,1-3H3,(H,45,51)/t30-,31+,34-,37+,38+,43?/m0/s1. The monoisotopic (exact) mass is 827 g/mol. The van der Waals surface area contributed by atoms with E-state index in [2.05, 4.69) is 24.3 Å². The van der Waals surface area contributed by atoms with E-state index in [-0.39, 0.29) is 29.3 Å². The van der Waals surface area contributed by atoms with E-state index >= 15 is 0 Å². The summed E-state index contributed by atoms with van der Waals surface area (Å²) in [6.07, 6.45) is 6.92. The van der Waals surface area contributed by atoms with Gasteiger partial charge in [0, 0.05) is 82.1 Å². The molecule has 314 valence electrons. The van der Waals surface area contributed by atoms with Gasteiger partial charge in [0.25, 0.3) is 5.91 Å². The number of benzene rings is 2. The zero-order valence-corrected chi connectivity index (χ0v) is 35.5. The molecular formula is C43H62ClN5O7S. The SMILES string of the molecule is COC(=O)CCN1CCN2CCN(CC3(O)CCC[C@H](C)[C@@H](C)S(=O)(=O)NC(=O)c4ccc5c(c4)N(CCCCc4cc(Cl)ccc4CO5)C[C@@H]4CC[C@H]43)C[C@H]2C1. The molecule has 57 heavy (non-hydrogen) atoms. The summed E-state index contributed by atoms with van der Waals surface area (Å²) in [5.74, 6) is -0.105. The molecule has 2 bridgehead atoms. The highest BCUT2D eigenvalue weighted by Gasteiger charge is 2.48. The van der Waals surface area contributed by atoms with Crippen molar-refractivity contribution in [2.75, 3.05) is 77.5 Å². The summed E-state index contributed by atoms with van der Waals surface area (Å²) in [7, 11) is -2.55. The number of nitrogens with one attached hydrogen (secondary N) is 1. The summed E-state index contributed by atoms with van der Waals surface area (Å²) in [4.78, 5) is 35.2. The van der Waals surface area contributed by atoms with Crippen LogP contribution in [-0.4, -0.2) is 130 Å². The van der Waals surface area contributed by atoms with E-state index in [4.69, 9.17) is 21.1 Å². The van der Waals surface area contributed by atoms with Crippen LogP contribution in [0.1, 0.15) is 86.7 Å². The summed E-state index contributed by atoms with van der Waals surface area (Å²) in [5, 5.41) is 12.9. The van der Waals surface area contributed by atoms with Crippen molar-refractivity contribution in [3.8, 4) is 5.75 Å². The van der Waals surface area contributed by atoms with E-state index < -0.39 is 26.8 Å². The van der Waals surface area contributed by atoms with Gasteiger partial charge in [-0.2, -0.15) is 0 Å². The molecule has 1 amide bonds. The van der Waals surface area contributed by atoms with Crippen molar-refractivity contribution < 1.29 is 32.6 Å². The largest absolute Gasteiger partial charge is 0.487 e. The average molecular weight is 829 g/mol. The number of rotatable bonds is 5. The first-order valence-corrected chi connectivity index (χ1v) is 23.1. The molecule has 1 aliphatic carbocycles. The van der Waals surface area contributed by atoms with Crippen LogP contribution in [0.25, 0.3) is 0 Å². The minimum atomic E-state index is -3.98. The summed E-state index contributed by atoms with van der Waals surface area (Å²) >= 11 is 6.41. The lowest BCUT2D eigenvalue weighted by molar-refractivity contribution is -0.141. The number of aliphatic hydroxyl groups is 1. The van der Waals surface area contributed by atoms with Crippen molar-refractivity contribution >= 4 is 39.2 Å². The number of methoxy groups -OCH3 is 1. The van der Waals surface area contributed by atoms with Crippen LogP contribution in [0.2, 0.25) is 5.02 Å². The second-order valence-electron chi connectivity index (χ2n) is 17.4. The summed E-state index contributed by atoms with van der Waals surface area (Å²) in [5.41, 5.74) is 2.32. The lowest BCUT2D eigenvalue weighted by atomic mass is 9.62. The molecule has 7 rings (SSSR count). The van der Waals surface area contributed by atoms with Crippen LogP contribution >= 0.6 is 11.6 Å². The molecule has 0 radical (unpaired) electrons. The lowest BCUT2D eigenvalue weighted by Crippen LogP contribution is -2.64. The zero-order valence-electron chi connectivity index (χ0n) is 34.0. The topological polar surface area (TPSA) is 132 Å². The van der Waals surface area contributed by atoms with Gasteiger partial charge in [0.05, 0.1) is 30.1 Å². The van der Waals surface area contributed by atoms with Gasteiger partial charge < -0.3 is 19.5 Å². The third kappa shape index (κ3) is 9.92. The van der Waals surface area contributed by atoms with Crippen molar-refractivity contribution in [1.82, 2.24) is 19.4 Å². The number of aryl methyl sites for hydroxylation is 1. The van der Waals surface area contributed by atoms with Crippen LogP contribution in [-0.2, 0) is 32.6 Å². The second-order valence-corrected chi connectivity index (χ2v) is 19.9. The quantitative estimate of drug-likeness (QED) is 0.397. The highest BCUT2D eigenvalue weighted by molar-refractivity contribution is 7.90. The highest BCUT2D eigenvalue weighted by atomic mass is 35.5. The summed E-state index contributed by atoms with van der Waals surface area (Å²) < 4.78 is 41.1. The molecule has 5 aliphatic rings. The summed E-state index contributed by atoms with van der Waals surface area (Å²) in [6, 6.07) is 11.5. The smallest absolute Gasteiger partial charge is 0.306 e. The van der Waals surface area contributed by atoms with Gasteiger partial charge in [-0.3, -0.25) is 24.3 Å². The molecule has 1 unspecified atom stereocenters. The molecule has 2 aromatic rings. The van der Waals surface area contributed by atoms with Crippen molar-refractivity contribution in [2.45, 2.75) is 95.1 Å². The number of sulfonamides is 1. The number of halogens is 1. The molecule has 4 heterocycles. The first kappa shape index (κ1) is 42.2. The van der Waals surface area contributed by atoms with Gasteiger partial charge in [-0.25, -0.2) is 13.1 Å². The fourth-order valence-electron chi connectivity index (χ4n) is 9.96. The normalized spacial score (nSPS) is 30.6. The number of hydrogen-bond donors (Lipinski definition) is 2. The maximum absolute atomic E-state index is 13.6. The Morgan fingerprint density at radius 2 is 1.75 bits per heavy atom. The molecule has 6 atom stereocenters. The Kier molecular flexibility index (Phi) is 13.4. The Balaban J connectivity index is 1.16. The number of hydrogen-bond acceptors (Lipinski definition) is 11. The third-order valence-electron chi connectivity index (χ3n) is 13.8. The van der Waals surface area contributed by atoms with Crippen LogP contribution in [0.5, 0.6) is 5.75 Å². The van der Waals surface area contributed by atoms with E-state index in [1.54, 1.807) is 25.1 Å². The van der Waals surface area contributed by atoms with E-state index in [0.717, 1.165) is 89.2 Å². The predicted octanol–water partition coefficient (Wildman–Crippen LogP) is 4.95. The number of β-amino-alcohol motifs (C(OH)–C–C–N with tert-alkyl or cyclic N) is 1. The van der Waals surface area contributed by atoms with Gasteiger partial charge in [0.15, 0.2) is 0 Å². The van der Waals surface area contributed by atoms with Crippen LogP contribution in [0, 0.1) is 17.8 Å². The van der Waals surface area contributed by atoms with Crippen molar-refractivity contribution in [3.05, 3.63) is 58.1 Å². The van der Waals surface area contributed by atoms with Gasteiger partial charge in [0.2, 0.25) is 10.0 Å². The number of carbonyl (C=O) groups excluding carboxylic acids is 2. The molecule has 2 saturated heterocycles. The number of nitrogens with zero attached hydrogens (tertiary/aromatic N) is 4. The molecule has 3 fully saturated rings. The van der Waals surface area contributed by atoms with Gasteiger partial charge in [-0.15, -0.1) is 0 Å². The van der Waals surface area contributed by atoms with Crippen molar-refractivity contribution in [1.29, 1.82) is 0 Å². The van der Waals surface area contributed by atoms with Crippen LogP contribution < -0.4 is 14.4 Å². The fraction of sp³-hybridized carbons (Fsp3) is 0.674. The molecule has 0 aromatic heterocycles. The van der Waals surface area contributed by atoms with E-state index in [1.807, 2.05) is 25.1 Å². The first-order valence-electron chi connectivity index (χ1n) is 21.1. The minimum Gasteiger partial charge on any atom is -0.487 e. The maximum Gasteiger partial charge on any atom is 0.306 e. The number of ether oxygens (including phenoxy) is 2. The van der Waals surface area contributed by atoms with Gasteiger partial charge in [-0.1, -0.05) is 31.0 Å². The summed E-state index contributed by atoms with van der Waals surface area (Å²) in [6.45, 7) is 12.1. The fourth-order valence-corrected chi connectivity index (χ4v) is 11.5. The van der Waals surface area contributed by atoms with Crippen LogP contribution in [0.3, 0.4) is 0 Å². The first-order chi connectivity index (χ1) is 27.3. The Morgan fingerprint density at radius 3 is 2.53 bits per heavy atom. The molecule has 0 spiro atoms. The van der Waals surface area contributed by atoms with Crippen molar-refractivity contribution in [3.63, 3.8) is 0 Å². The number of piperazine rings is 2. The Morgan fingerprint density at radius 1 is 0.965 bits per heavy atom. The minimum absolute atomic E-state index is 0.0724. The average Bonchev–Trinajstić information content (AvgIpc) is 3.20. The van der Waals surface area contributed by atoms with Gasteiger partial charge >= 0.3 is 5.97 Å². The number of carbonyl (C=O) groups is 2. The molecule has 2 aromatic carbocycles. The van der Waals surface area contributed by atoms with Gasteiger partial charge in [-0.05, 0) is 111 Å². The number of amides is 1. The maximum atomic E-state index is 13.6. The van der Waals surface area contributed by atoms with E-state index in [9.17, 15) is 23.1 Å². The number of esters is 1. The second kappa shape index (κ2) is 18.1. The molecule has 14 heteroatoms. The lowest BCUT2D eigenvalue weighted by Gasteiger charge is -2.53. The van der Waals surface area contributed by atoms with Crippen LogP contribution in [0.4, 0.5) is 5.69 Å². The van der Waals surface area contributed by atoms with E-state index in [0.29, 0.717) is 68.7 Å². The zero-order chi connectivity index (χ0) is 40.3. The Labute approximate surface area is 344 Å². The number of anilines is 1. The molecule has 2 N–H and O–H groups in total. The van der Waals surface area contributed by atoms with Gasteiger partial charge in [0.1, 0.15) is 12.4 Å². The highest BCUT2D eigenvalue weighted by Crippen LogP contribution is 2.47. The molecule has 4 aliphatic heterocycles. The van der Waals surface area contributed by atoms with Crippen molar-refractivity contribution in [2.24, 2.45) is 17.8 Å². The third-order valence-corrected chi connectivity index (χ3v) is 16.0. The molecular weight excluding hydrogens is 766 g/mol. The van der Waals surface area contributed by atoms with Crippen LogP contribution in [0.15, 0.2) is 36.4 Å². The number of fused-ring (bicyclic) bond motifs is 4.